The topological polar surface area (TPSA) is 98.7 Å². The number of amides is 2. The summed E-state index contributed by atoms with van der Waals surface area (Å²) in [5.74, 6) is -1.34. The molecule has 0 spiro atoms. The van der Waals surface area contributed by atoms with Gasteiger partial charge in [-0.15, -0.1) is 0 Å². The van der Waals surface area contributed by atoms with Gasteiger partial charge in [0.2, 0.25) is 11.8 Å². The maximum Gasteiger partial charge on any atom is 0.331 e. The maximum absolute atomic E-state index is 13.9. The van der Waals surface area contributed by atoms with E-state index in [0.29, 0.717) is 0 Å². The molecular formula is C27H41N3O4. The van der Waals surface area contributed by atoms with Crippen LogP contribution in [-0.4, -0.2) is 54.0 Å². The molecule has 1 aromatic rings. The first-order chi connectivity index (χ1) is 15.8. The molecule has 1 aromatic carbocycles. The van der Waals surface area contributed by atoms with Crippen LogP contribution < -0.4 is 10.6 Å². The lowest BCUT2D eigenvalue weighted by Gasteiger charge is -2.40. The van der Waals surface area contributed by atoms with Crippen molar-refractivity contribution in [3.05, 3.63) is 47.5 Å². The van der Waals surface area contributed by atoms with E-state index in [1.807, 2.05) is 65.0 Å². The molecule has 1 saturated carbocycles. The highest BCUT2D eigenvalue weighted by atomic mass is 16.4. The molecule has 1 fully saturated rings. The van der Waals surface area contributed by atoms with Gasteiger partial charge in [0.25, 0.3) is 0 Å². The first-order valence-corrected chi connectivity index (χ1v) is 12.0. The van der Waals surface area contributed by atoms with Gasteiger partial charge in [0, 0.05) is 12.6 Å². The van der Waals surface area contributed by atoms with Crippen molar-refractivity contribution in [3.63, 3.8) is 0 Å². The number of hydrogen-bond donors (Lipinski definition) is 3. The summed E-state index contributed by atoms with van der Waals surface area (Å²) in [4.78, 5) is 40.6. The molecule has 0 aliphatic heterocycles. The van der Waals surface area contributed by atoms with Crippen molar-refractivity contribution in [2.45, 2.75) is 72.0 Å². The van der Waals surface area contributed by atoms with Crippen LogP contribution in [0.2, 0.25) is 0 Å². The zero-order chi connectivity index (χ0) is 25.8. The van der Waals surface area contributed by atoms with Gasteiger partial charge in [-0.3, -0.25) is 9.59 Å². The van der Waals surface area contributed by atoms with Gasteiger partial charge in [0.1, 0.15) is 11.6 Å². The largest absolute Gasteiger partial charge is 0.478 e. The number of benzene rings is 1. The SMILES string of the molecule is CNC(C(=O)NC(C(=O)N(C)C(/C=C(\C)C(=O)O)C(C)C)C(C)(C)C)(c1ccccc1)C1CC1. The van der Waals surface area contributed by atoms with Crippen LogP contribution in [0.15, 0.2) is 42.0 Å². The Morgan fingerprint density at radius 1 is 1.12 bits per heavy atom. The Morgan fingerprint density at radius 3 is 2.09 bits per heavy atom. The fourth-order valence-electron chi connectivity index (χ4n) is 4.55. The number of hydrogen-bond acceptors (Lipinski definition) is 4. The summed E-state index contributed by atoms with van der Waals surface area (Å²) in [5, 5.41) is 15.7. The second-order valence-corrected chi connectivity index (χ2v) is 10.8. The Labute approximate surface area is 204 Å². The Balaban J connectivity index is 2.42. The van der Waals surface area contributed by atoms with Gasteiger partial charge in [-0.25, -0.2) is 4.79 Å². The molecule has 3 N–H and O–H groups in total. The van der Waals surface area contributed by atoms with E-state index in [2.05, 4.69) is 10.6 Å². The molecule has 0 bridgehead atoms. The standard InChI is InChI=1S/C27H41N3O4/c1-17(2)21(16-18(3)24(32)33)30(8)23(31)22(26(4,5)6)29-25(34)27(28-7,20-14-15-20)19-12-10-9-11-13-19/h9-13,16-17,20-22,28H,14-15H2,1-8H3,(H,29,34)(H,32,33)/b18-16+. The van der Waals surface area contributed by atoms with Gasteiger partial charge in [0.05, 0.1) is 6.04 Å². The van der Waals surface area contributed by atoms with Crippen LogP contribution in [0, 0.1) is 17.3 Å². The van der Waals surface area contributed by atoms with Crippen LogP contribution in [0.4, 0.5) is 0 Å². The molecule has 0 saturated heterocycles. The highest BCUT2D eigenvalue weighted by molar-refractivity contribution is 5.94. The second kappa shape index (κ2) is 10.7. The summed E-state index contributed by atoms with van der Waals surface area (Å²) >= 11 is 0. The molecule has 2 rings (SSSR count). The van der Waals surface area contributed by atoms with Crippen molar-refractivity contribution in [2.75, 3.05) is 14.1 Å². The molecule has 188 valence electrons. The number of carboxylic acids is 1. The first-order valence-electron chi connectivity index (χ1n) is 12.0. The predicted octanol–water partition coefficient (Wildman–Crippen LogP) is 3.56. The Bertz CT molecular complexity index is 916. The van der Waals surface area contributed by atoms with Crippen LogP contribution in [0.1, 0.15) is 59.9 Å². The molecule has 2 amide bonds. The minimum Gasteiger partial charge on any atom is -0.478 e. The molecular weight excluding hydrogens is 430 g/mol. The number of nitrogens with zero attached hydrogens (tertiary/aromatic N) is 1. The Kier molecular flexibility index (Phi) is 8.70. The summed E-state index contributed by atoms with van der Waals surface area (Å²) < 4.78 is 0. The summed E-state index contributed by atoms with van der Waals surface area (Å²) in [5.41, 5.74) is -0.415. The third-order valence-electron chi connectivity index (χ3n) is 6.80. The number of carboxylic acid groups (broad SMARTS) is 1. The van der Waals surface area contributed by atoms with Crippen molar-refractivity contribution in [3.8, 4) is 0 Å². The Morgan fingerprint density at radius 2 is 1.68 bits per heavy atom. The van der Waals surface area contributed by atoms with Gasteiger partial charge in [-0.05, 0) is 49.6 Å². The summed E-state index contributed by atoms with van der Waals surface area (Å²) in [6.45, 7) is 11.2. The molecule has 34 heavy (non-hydrogen) atoms. The van der Waals surface area contributed by atoms with Crippen LogP contribution in [0.5, 0.6) is 0 Å². The van der Waals surface area contributed by atoms with Gasteiger partial charge < -0.3 is 20.6 Å². The van der Waals surface area contributed by atoms with E-state index >= 15 is 0 Å². The average molecular weight is 472 g/mol. The average Bonchev–Trinajstić information content (AvgIpc) is 3.61. The van der Waals surface area contributed by atoms with Crippen LogP contribution in [0.3, 0.4) is 0 Å². The van der Waals surface area contributed by atoms with Crippen molar-refractivity contribution < 1.29 is 19.5 Å². The second-order valence-electron chi connectivity index (χ2n) is 10.8. The van der Waals surface area contributed by atoms with E-state index in [0.717, 1.165) is 18.4 Å². The highest BCUT2D eigenvalue weighted by Gasteiger charge is 2.52. The molecule has 3 unspecified atom stereocenters. The van der Waals surface area contributed by atoms with Crippen LogP contribution in [0.25, 0.3) is 0 Å². The Hall–Kier alpha value is -2.67. The van der Waals surface area contributed by atoms with Crippen LogP contribution in [-0.2, 0) is 19.9 Å². The van der Waals surface area contributed by atoms with E-state index in [9.17, 15) is 19.5 Å². The van der Waals surface area contributed by atoms with E-state index in [1.54, 1.807) is 25.1 Å². The number of rotatable bonds is 10. The van der Waals surface area contributed by atoms with Crippen molar-refractivity contribution in [2.24, 2.45) is 17.3 Å². The molecule has 0 heterocycles. The van der Waals surface area contributed by atoms with Gasteiger partial charge in [-0.2, -0.15) is 0 Å². The summed E-state index contributed by atoms with van der Waals surface area (Å²) in [6.07, 6.45) is 3.48. The normalized spacial score (nSPS) is 18.1. The lowest BCUT2D eigenvalue weighted by molar-refractivity contribution is -0.142. The molecule has 1 aliphatic carbocycles. The van der Waals surface area contributed by atoms with Crippen molar-refractivity contribution in [1.29, 1.82) is 0 Å². The number of carbonyl (C=O) groups excluding carboxylic acids is 2. The van der Waals surface area contributed by atoms with Gasteiger partial charge >= 0.3 is 5.97 Å². The monoisotopic (exact) mass is 471 g/mol. The fraction of sp³-hybridized carbons (Fsp3) is 0.593. The lowest BCUT2D eigenvalue weighted by atomic mass is 9.81. The van der Waals surface area contributed by atoms with Crippen molar-refractivity contribution >= 4 is 17.8 Å². The van der Waals surface area contributed by atoms with Gasteiger partial charge in [0.15, 0.2) is 0 Å². The third-order valence-corrected chi connectivity index (χ3v) is 6.80. The van der Waals surface area contributed by atoms with E-state index in [-0.39, 0.29) is 29.2 Å². The zero-order valence-corrected chi connectivity index (χ0v) is 21.8. The fourth-order valence-corrected chi connectivity index (χ4v) is 4.55. The minimum absolute atomic E-state index is 0.00764. The molecule has 3 atom stereocenters. The zero-order valence-electron chi connectivity index (χ0n) is 21.8. The molecule has 7 nitrogen and oxygen atoms in total. The van der Waals surface area contributed by atoms with E-state index in [4.69, 9.17) is 0 Å². The number of carbonyl (C=O) groups is 3. The van der Waals surface area contributed by atoms with E-state index < -0.39 is 29.0 Å². The molecule has 0 aromatic heterocycles. The summed E-state index contributed by atoms with van der Waals surface area (Å²) in [6, 6.07) is 8.44. The molecule has 0 radical (unpaired) electrons. The minimum atomic E-state index is -1.02. The smallest absolute Gasteiger partial charge is 0.331 e. The quantitative estimate of drug-likeness (QED) is 0.453. The number of nitrogens with one attached hydrogen (secondary N) is 2. The van der Waals surface area contributed by atoms with Crippen LogP contribution >= 0.6 is 0 Å². The predicted molar refractivity (Wildman–Crippen MR) is 134 cm³/mol. The van der Waals surface area contributed by atoms with Gasteiger partial charge in [-0.1, -0.05) is 71.0 Å². The highest BCUT2D eigenvalue weighted by Crippen LogP contribution is 2.46. The first kappa shape index (κ1) is 27.6. The maximum atomic E-state index is 13.9. The van der Waals surface area contributed by atoms with Crippen molar-refractivity contribution in [1.82, 2.24) is 15.5 Å². The number of aliphatic carboxylic acids is 1. The molecule has 7 heteroatoms. The summed E-state index contributed by atoms with van der Waals surface area (Å²) in [7, 11) is 3.46. The third kappa shape index (κ3) is 5.87. The van der Waals surface area contributed by atoms with E-state index in [1.165, 1.54) is 6.92 Å². The number of likely N-dealkylation sites (N-methyl/N-ethyl adjacent to an activating group) is 2. The molecule has 1 aliphatic rings. The lowest BCUT2D eigenvalue weighted by Crippen LogP contribution is -2.62.